The number of rotatable bonds is 7. The first-order valence-corrected chi connectivity index (χ1v) is 7.25. The lowest BCUT2D eigenvalue weighted by Gasteiger charge is -2.19. The first-order chi connectivity index (χ1) is 10.2. The molecule has 2 aromatic rings. The highest BCUT2D eigenvalue weighted by molar-refractivity contribution is 7.09. The van der Waals surface area contributed by atoms with Gasteiger partial charge in [0.25, 0.3) is 0 Å². The zero-order chi connectivity index (χ0) is 15.2. The minimum absolute atomic E-state index is 0.0927. The fourth-order valence-electron chi connectivity index (χ4n) is 2.10. The molecule has 0 bridgehead atoms. The van der Waals surface area contributed by atoms with E-state index in [-0.39, 0.29) is 6.04 Å². The van der Waals surface area contributed by atoms with Gasteiger partial charge in [-0.05, 0) is 17.7 Å². The average Bonchev–Trinajstić information content (AvgIpc) is 3.04. The van der Waals surface area contributed by atoms with Gasteiger partial charge in [-0.3, -0.25) is 11.3 Å². The highest BCUT2D eigenvalue weighted by atomic mass is 32.1. The van der Waals surface area contributed by atoms with Gasteiger partial charge in [-0.25, -0.2) is 4.98 Å². The largest absolute Gasteiger partial charge is 0.493 e. The Labute approximate surface area is 127 Å². The van der Waals surface area contributed by atoms with Gasteiger partial charge in [0, 0.05) is 18.0 Å². The van der Waals surface area contributed by atoms with Gasteiger partial charge in [0.2, 0.25) is 5.75 Å². The van der Waals surface area contributed by atoms with Crippen molar-refractivity contribution in [1.82, 2.24) is 10.4 Å². The van der Waals surface area contributed by atoms with Gasteiger partial charge >= 0.3 is 0 Å². The van der Waals surface area contributed by atoms with Crippen LogP contribution in [0.15, 0.2) is 23.7 Å². The number of hydrogen-bond acceptors (Lipinski definition) is 7. The number of hydrogen-bond donors (Lipinski definition) is 2. The Kier molecular flexibility index (Phi) is 5.38. The Morgan fingerprint density at radius 1 is 1.19 bits per heavy atom. The molecule has 1 aromatic heterocycles. The summed E-state index contributed by atoms with van der Waals surface area (Å²) in [6, 6.07) is 3.68. The number of nitrogens with two attached hydrogens (primary N) is 1. The molecule has 0 amide bonds. The number of benzene rings is 1. The van der Waals surface area contributed by atoms with Crippen molar-refractivity contribution in [1.29, 1.82) is 0 Å². The third kappa shape index (κ3) is 3.44. The van der Waals surface area contributed by atoms with Crippen molar-refractivity contribution in [3.63, 3.8) is 0 Å². The predicted molar refractivity (Wildman–Crippen MR) is 82.0 cm³/mol. The van der Waals surface area contributed by atoms with Crippen molar-refractivity contribution in [2.75, 3.05) is 21.3 Å². The second-order valence-corrected chi connectivity index (χ2v) is 5.29. The number of methoxy groups -OCH3 is 3. The fraction of sp³-hybridized carbons (Fsp3) is 0.357. The second-order valence-electron chi connectivity index (χ2n) is 4.31. The van der Waals surface area contributed by atoms with Crippen molar-refractivity contribution in [3.05, 3.63) is 34.3 Å². The molecule has 7 heteroatoms. The smallest absolute Gasteiger partial charge is 0.203 e. The van der Waals surface area contributed by atoms with Crippen LogP contribution in [-0.4, -0.2) is 26.3 Å². The van der Waals surface area contributed by atoms with Gasteiger partial charge in [0.15, 0.2) is 11.5 Å². The molecule has 6 nitrogen and oxygen atoms in total. The van der Waals surface area contributed by atoms with Crippen molar-refractivity contribution in [2.24, 2.45) is 5.84 Å². The van der Waals surface area contributed by atoms with Crippen molar-refractivity contribution in [3.8, 4) is 17.2 Å². The molecule has 1 aromatic carbocycles. The predicted octanol–water partition coefficient (Wildman–Crippen LogP) is 1.92. The molecule has 0 saturated heterocycles. The van der Waals surface area contributed by atoms with Crippen molar-refractivity contribution in [2.45, 2.75) is 12.5 Å². The highest BCUT2D eigenvalue weighted by Crippen LogP contribution is 2.40. The summed E-state index contributed by atoms with van der Waals surface area (Å²) in [7, 11) is 4.76. The van der Waals surface area contributed by atoms with E-state index in [0.717, 1.165) is 10.6 Å². The summed E-state index contributed by atoms with van der Waals surface area (Å²) in [6.07, 6.45) is 2.47. The molecule has 0 fully saturated rings. The van der Waals surface area contributed by atoms with Gasteiger partial charge in [0.05, 0.1) is 32.4 Å². The molecular formula is C14H19N3O3S. The molecule has 1 atom stereocenters. The summed E-state index contributed by atoms with van der Waals surface area (Å²) in [4.78, 5) is 4.28. The van der Waals surface area contributed by atoms with Gasteiger partial charge in [-0.1, -0.05) is 0 Å². The molecular weight excluding hydrogens is 290 g/mol. The number of thiazole rings is 1. The normalized spacial score (nSPS) is 12.0. The van der Waals surface area contributed by atoms with E-state index in [1.165, 1.54) is 0 Å². The van der Waals surface area contributed by atoms with Gasteiger partial charge in [0.1, 0.15) is 0 Å². The van der Waals surface area contributed by atoms with Gasteiger partial charge in [-0.2, -0.15) is 0 Å². The molecule has 1 heterocycles. The molecule has 2 rings (SSSR count). The summed E-state index contributed by atoms with van der Waals surface area (Å²) in [5, 5.41) is 2.95. The van der Waals surface area contributed by atoms with Crippen LogP contribution in [0.25, 0.3) is 0 Å². The van der Waals surface area contributed by atoms with E-state index in [9.17, 15) is 0 Å². The SMILES string of the molecule is COc1cc(C(Cc2nccs2)NN)cc(OC)c1OC. The molecule has 0 aliphatic carbocycles. The van der Waals surface area contributed by atoms with E-state index in [1.807, 2.05) is 17.5 Å². The lowest BCUT2D eigenvalue weighted by Crippen LogP contribution is -2.29. The topological polar surface area (TPSA) is 78.6 Å². The van der Waals surface area contributed by atoms with Gasteiger partial charge in [-0.15, -0.1) is 11.3 Å². The number of aromatic nitrogens is 1. The van der Waals surface area contributed by atoms with E-state index >= 15 is 0 Å². The zero-order valence-corrected chi connectivity index (χ0v) is 13.1. The number of ether oxygens (including phenoxy) is 3. The Morgan fingerprint density at radius 3 is 2.29 bits per heavy atom. The number of hydrazine groups is 1. The maximum absolute atomic E-state index is 5.69. The van der Waals surface area contributed by atoms with Crippen LogP contribution in [0.4, 0.5) is 0 Å². The van der Waals surface area contributed by atoms with E-state index in [2.05, 4.69) is 10.4 Å². The van der Waals surface area contributed by atoms with Crippen molar-refractivity contribution < 1.29 is 14.2 Å². The Balaban J connectivity index is 2.36. The van der Waals surface area contributed by atoms with Crippen LogP contribution in [0, 0.1) is 0 Å². The molecule has 21 heavy (non-hydrogen) atoms. The first kappa shape index (κ1) is 15.6. The third-order valence-corrected chi connectivity index (χ3v) is 3.95. The van der Waals surface area contributed by atoms with E-state index in [1.54, 1.807) is 38.9 Å². The maximum atomic E-state index is 5.69. The van der Waals surface area contributed by atoms with Crippen LogP contribution < -0.4 is 25.5 Å². The zero-order valence-electron chi connectivity index (χ0n) is 12.3. The molecule has 114 valence electrons. The summed E-state index contributed by atoms with van der Waals surface area (Å²) < 4.78 is 16.0. The molecule has 3 N–H and O–H groups in total. The van der Waals surface area contributed by atoms with E-state index < -0.39 is 0 Å². The van der Waals surface area contributed by atoms with E-state index in [4.69, 9.17) is 20.1 Å². The van der Waals surface area contributed by atoms with Crippen LogP contribution >= 0.6 is 11.3 Å². The number of nitrogens with one attached hydrogen (secondary N) is 1. The molecule has 0 saturated carbocycles. The fourth-order valence-corrected chi connectivity index (χ4v) is 2.77. The van der Waals surface area contributed by atoms with Crippen LogP contribution in [0.5, 0.6) is 17.2 Å². The number of nitrogens with zero attached hydrogens (tertiary/aromatic N) is 1. The lowest BCUT2D eigenvalue weighted by molar-refractivity contribution is 0.323. The molecule has 0 spiro atoms. The van der Waals surface area contributed by atoms with E-state index in [0.29, 0.717) is 23.7 Å². The van der Waals surface area contributed by atoms with Crippen LogP contribution in [0.3, 0.4) is 0 Å². The lowest BCUT2D eigenvalue weighted by atomic mass is 10.0. The molecule has 0 radical (unpaired) electrons. The average molecular weight is 309 g/mol. The standard InChI is InChI=1S/C14H19N3O3S/c1-18-11-6-9(7-12(19-2)14(11)20-3)10(17-15)8-13-16-4-5-21-13/h4-7,10,17H,8,15H2,1-3H3. The van der Waals surface area contributed by atoms with Crippen LogP contribution in [0.1, 0.15) is 16.6 Å². The van der Waals surface area contributed by atoms with Crippen LogP contribution in [0.2, 0.25) is 0 Å². The highest BCUT2D eigenvalue weighted by Gasteiger charge is 2.19. The maximum Gasteiger partial charge on any atom is 0.203 e. The Morgan fingerprint density at radius 2 is 1.86 bits per heavy atom. The molecule has 0 aliphatic heterocycles. The van der Waals surface area contributed by atoms with Crippen LogP contribution in [-0.2, 0) is 6.42 Å². The second kappa shape index (κ2) is 7.26. The third-order valence-electron chi connectivity index (χ3n) is 3.15. The quantitative estimate of drug-likeness (QED) is 0.601. The minimum Gasteiger partial charge on any atom is -0.493 e. The van der Waals surface area contributed by atoms with Crippen molar-refractivity contribution >= 4 is 11.3 Å². The summed E-state index contributed by atoms with van der Waals surface area (Å²) >= 11 is 1.59. The Hall–Kier alpha value is -1.83. The summed E-state index contributed by atoms with van der Waals surface area (Å²) in [5.41, 5.74) is 3.76. The minimum atomic E-state index is -0.0927. The molecule has 0 aliphatic rings. The summed E-state index contributed by atoms with van der Waals surface area (Å²) in [5.74, 6) is 7.46. The summed E-state index contributed by atoms with van der Waals surface area (Å²) in [6.45, 7) is 0. The molecule has 1 unspecified atom stereocenters. The monoisotopic (exact) mass is 309 g/mol. The van der Waals surface area contributed by atoms with Gasteiger partial charge < -0.3 is 14.2 Å². The first-order valence-electron chi connectivity index (χ1n) is 6.37. The Bertz CT molecular complexity index is 550.